The molecule has 1 heterocycles. The quantitative estimate of drug-likeness (QED) is 0.0586. The lowest BCUT2D eigenvalue weighted by Gasteiger charge is -2.25. The first-order chi connectivity index (χ1) is 20.4. The first-order valence-electron chi connectivity index (χ1n) is 14.6. The largest absolute Gasteiger partial charge is 0.480 e. The van der Waals surface area contributed by atoms with Crippen LogP contribution in [0.25, 0.3) is 10.9 Å². The number of unbranched alkanes of at least 4 members (excludes halogenated alkanes) is 1. The number of para-hydroxylation sites is 1. The summed E-state index contributed by atoms with van der Waals surface area (Å²) in [6, 6.07) is 3.37. The molecule has 238 valence electrons. The van der Waals surface area contributed by atoms with E-state index in [-0.39, 0.29) is 37.7 Å². The zero-order chi connectivity index (χ0) is 31.9. The van der Waals surface area contributed by atoms with Crippen LogP contribution in [0.3, 0.4) is 0 Å². The van der Waals surface area contributed by atoms with E-state index in [2.05, 4.69) is 25.9 Å². The van der Waals surface area contributed by atoms with Crippen molar-refractivity contribution in [2.45, 2.75) is 83.0 Å². The van der Waals surface area contributed by atoms with Gasteiger partial charge in [-0.15, -0.1) is 0 Å². The summed E-state index contributed by atoms with van der Waals surface area (Å²) in [5.41, 5.74) is 24.1. The highest BCUT2D eigenvalue weighted by Crippen LogP contribution is 2.19. The Bertz CT molecular complexity index is 1240. The van der Waals surface area contributed by atoms with Gasteiger partial charge in [-0.3, -0.25) is 19.4 Å². The number of hydrogen-bond acceptors (Lipinski definition) is 7. The molecule has 0 saturated heterocycles. The fourth-order valence-electron chi connectivity index (χ4n) is 4.69. The number of fused-ring (bicyclic) bond motifs is 1. The van der Waals surface area contributed by atoms with E-state index < -0.39 is 47.9 Å². The monoisotopic (exact) mass is 601 g/mol. The second-order valence-electron chi connectivity index (χ2n) is 11.1. The first kappa shape index (κ1) is 35.0. The third kappa shape index (κ3) is 11.9. The predicted molar refractivity (Wildman–Crippen MR) is 166 cm³/mol. The van der Waals surface area contributed by atoms with Crippen LogP contribution in [0.2, 0.25) is 0 Å². The molecule has 2 aromatic rings. The minimum absolute atomic E-state index is 0.115. The van der Waals surface area contributed by atoms with Gasteiger partial charge in [0.05, 0.1) is 6.04 Å². The summed E-state index contributed by atoms with van der Waals surface area (Å²) in [5.74, 6) is -2.94. The molecule has 0 radical (unpaired) electrons. The second-order valence-corrected chi connectivity index (χ2v) is 11.1. The van der Waals surface area contributed by atoms with Gasteiger partial charge in [0, 0.05) is 30.1 Å². The number of guanidine groups is 1. The van der Waals surface area contributed by atoms with Crippen LogP contribution in [0, 0.1) is 5.92 Å². The molecule has 14 heteroatoms. The number of aromatic amines is 1. The van der Waals surface area contributed by atoms with E-state index in [4.69, 9.17) is 22.9 Å². The number of aromatic nitrogens is 1. The number of amides is 3. The fourth-order valence-corrected chi connectivity index (χ4v) is 4.69. The van der Waals surface area contributed by atoms with E-state index in [1.54, 1.807) is 6.20 Å². The van der Waals surface area contributed by atoms with Gasteiger partial charge < -0.3 is 49.0 Å². The van der Waals surface area contributed by atoms with Crippen LogP contribution < -0.4 is 38.9 Å². The maximum Gasteiger partial charge on any atom is 0.326 e. The van der Waals surface area contributed by atoms with Crippen LogP contribution in [0.4, 0.5) is 0 Å². The molecule has 43 heavy (non-hydrogen) atoms. The molecule has 0 fully saturated rings. The maximum atomic E-state index is 13.7. The average Bonchev–Trinajstić information content (AvgIpc) is 3.35. The zero-order valence-electron chi connectivity index (χ0n) is 25.0. The summed E-state index contributed by atoms with van der Waals surface area (Å²) in [6.45, 7) is 4.47. The number of H-pyrrole nitrogens is 1. The van der Waals surface area contributed by atoms with Crippen LogP contribution in [0.1, 0.15) is 57.9 Å². The summed E-state index contributed by atoms with van der Waals surface area (Å²) in [4.78, 5) is 58.9. The molecule has 4 unspecified atom stereocenters. The number of benzene rings is 1. The van der Waals surface area contributed by atoms with Crippen molar-refractivity contribution >= 4 is 40.6 Å². The zero-order valence-corrected chi connectivity index (χ0v) is 25.0. The van der Waals surface area contributed by atoms with Crippen molar-refractivity contribution in [3.63, 3.8) is 0 Å². The molecule has 0 spiro atoms. The smallest absolute Gasteiger partial charge is 0.326 e. The summed E-state index contributed by atoms with van der Waals surface area (Å²) < 4.78 is 0. The lowest BCUT2D eigenvalue weighted by Crippen LogP contribution is -2.57. The van der Waals surface area contributed by atoms with Crippen molar-refractivity contribution in [2.24, 2.45) is 33.8 Å². The summed E-state index contributed by atoms with van der Waals surface area (Å²) >= 11 is 0. The molecular formula is C29H47N9O5. The van der Waals surface area contributed by atoms with Crippen molar-refractivity contribution in [2.75, 3.05) is 13.1 Å². The molecule has 1 aromatic carbocycles. The Morgan fingerprint density at radius 1 is 0.907 bits per heavy atom. The van der Waals surface area contributed by atoms with Crippen LogP contribution in [0.15, 0.2) is 35.5 Å². The molecular weight excluding hydrogens is 554 g/mol. The highest BCUT2D eigenvalue weighted by atomic mass is 16.4. The normalized spacial score (nSPS) is 14.0. The predicted octanol–water partition coefficient (Wildman–Crippen LogP) is -0.195. The van der Waals surface area contributed by atoms with Gasteiger partial charge in [-0.2, -0.15) is 0 Å². The molecule has 13 N–H and O–H groups in total. The summed E-state index contributed by atoms with van der Waals surface area (Å²) in [6.07, 6.45) is 4.03. The molecule has 0 aliphatic rings. The molecule has 3 amide bonds. The Kier molecular flexibility index (Phi) is 14.4. The van der Waals surface area contributed by atoms with Gasteiger partial charge in [-0.1, -0.05) is 32.0 Å². The standard InChI is InChI=1S/C29H47N9O5/c1-17(2)14-20(31)25(39)38-24(15-18-16-35-21-9-4-3-8-19(18)21)27(41)36-22(11-7-13-34-29(32)33)26(40)37-23(28(42)43)10-5-6-12-30/h3-4,8-9,16-17,20,22-24,35H,5-7,10-15,30-31H2,1-2H3,(H,36,41)(H,37,40)(H,38,39)(H,42,43)(H4,32,33,34). The molecule has 14 nitrogen and oxygen atoms in total. The highest BCUT2D eigenvalue weighted by molar-refractivity contribution is 5.95. The maximum absolute atomic E-state index is 13.7. The first-order valence-corrected chi connectivity index (χ1v) is 14.6. The number of aliphatic imine (C=N–C) groups is 1. The van der Waals surface area contributed by atoms with E-state index in [0.717, 1.165) is 16.5 Å². The van der Waals surface area contributed by atoms with Gasteiger partial charge in [0.15, 0.2) is 5.96 Å². The number of carboxylic acids is 1. The number of carboxylic acid groups (broad SMARTS) is 1. The van der Waals surface area contributed by atoms with E-state index in [1.807, 2.05) is 38.1 Å². The van der Waals surface area contributed by atoms with Crippen molar-refractivity contribution in [3.8, 4) is 0 Å². The van der Waals surface area contributed by atoms with Gasteiger partial charge in [-0.25, -0.2) is 4.79 Å². The number of nitrogens with two attached hydrogens (primary N) is 4. The van der Waals surface area contributed by atoms with Crippen molar-refractivity contribution in [3.05, 3.63) is 36.0 Å². The van der Waals surface area contributed by atoms with Gasteiger partial charge in [0.2, 0.25) is 17.7 Å². The van der Waals surface area contributed by atoms with Crippen LogP contribution in [0.5, 0.6) is 0 Å². The van der Waals surface area contributed by atoms with Crippen molar-refractivity contribution in [1.29, 1.82) is 0 Å². The van der Waals surface area contributed by atoms with Crippen LogP contribution in [-0.2, 0) is 25.6 Å². The Labute approximate surface area is 251 Å². The molecule has 1 aromatic heterocycles. The third-order valence-electron chi connectivity index (χ3n) is 6.93. The van der Waals surface area contributed by atoms with Gasteiger partial charge >= 0.3 is 5.97 Å². The number of nitrogens with one attached hydrogen (secondary N) is 4. The lowest BCUT2D eigenvalue weighted by molar-refractivity contribution is -0.142. The molecule has 0 aliphatic carbocycles. The Balaban J connectivity index is 2.30. The van der Waals surface area contributed by atoms with Crippen LogP contribution in [-0.4, -0.2) is 77.0 Å². The van der Waals surface area contributed by atoms with Gasteiger partial charge in [0.1, 0.15) is 18.1 Å². The van der Waals surface area contributed by atoms with E-state index in [1.165, 1.54) is 0 Å². The minimum atomic E-state index is -1.19. The number of nitrogens with zero attached hydrogens (tertiary/aromatic N) is 1. The Morgan fingerprint density at radius 2 is 1.53 bits per heavy atom. The van der Waals surface area contributed by atoms with Crippen LogP contribution >= 0.6 is 0 Å². The van der Waals surface area contributed by atoms with Crippen molar-refractivity contribution < 1.29 is 24.3 Å². The van der Waals surface area contributed by atoms with E-state index in [9.17, 15) is 24.3 Å². The second kappa shape index (κ2) is 17.7. The Morgan fingerprint density at radius 3 is 2.19 bits per heavy atom. The average molecular weight is 602 g/mol. The number of rotatable bonds is 19. The Hall–Kier alpha value is -4.17. The summed E-state index contributed by atoms with van der Waals surface area (Å²) in [5, 5.41) is 18.5. The molecule has 0 bridgehead atoms. The minimum Gasteiger partial charge on any atom is -0.480 e. The highest BCUT2D eigenvalue weighted by Gasteiger charge is 2.31. The van der Waals surface area contributed by atoms with E-state index in [0.29, 0.717) is 32.2 Å². The number of carbonyl (C=O) groups is 4. The van der Waals surface area contributed by atoms with Gasteiger partial charge in [-0.05, 0) is 62.6 Å². The van der Waals surface area contributed by atoms with Crippen molar-refractivity contribution in [1.82, 2.24) is 20.9 Å². The number of hydrogen-bond donors (Lipinski definition) is 9. The third-order valence-corrected chi connectivity index (χ3v) is 6.93. The number of carbonyl (C=O) groups excluding carboxylic acids is 3. The topological polar surface area (TPSA) is 257 Å². The number of aliphatic carboxylic acids is 1. The molecule has 0 saturated carbocycles. The molecule has 4 atom stereocenters. The summed E-state index contributed by atoms with van der Waals surface area (Å²) in [7, 11) is 0. The molecule has 0 aliphatic heterocycles. The lowest BCUT2D eigenvalue weighted by atomic mass is 10.0. The fraction of sp³-hybridized carbons (Fsp3) is 0.552. The molecule has 2 rings (SSSR count). The van der Waals surface area contributed by atoms with E-state index >= 15 is 0 Å². The van der Waals surface area contributed by atoms with Gasteiger partial charge in [0.25, 0.3) is 0 Å². The SMILES string of the molecule is CC(C)CC(N)C(=O)NC(Cc1c[nH]c2ccccc12)C(=O)NC(CCCN=C(N)N)C(=O)NC(CCCCN)C(=O)O.